The zero-order chi connectivity index (χ0) is 26.0. The van der Waals surface area contributed by atoms with Gasteiger partial charge >= 0.3 is 12.2 Å². The Morgan fingerprint density at radius 2 is 1.33 bits per heavy atom. The third kappa shape index (κ3) is 15.6. The quantitative estimate of drug-likeness (QED) is 0.396. The molecule has 11 heteroatoms. The van der Waals surface area contributed by atoms with Crippen LogP contribution in [0.1, 0.15) is 75.2 Å². The van der Waals surface area contributed by atoms with Crippen LogP contribution in [0.25, 0.3) is 0 Å². The first kappa shape index (κ1) is 30.1. The summed E-state index contributed by atoms with van der Waals surface area (Å²) in [5, 5.41) is 4.77. The van der Waals surface area contributed by atoms with Gasteiger partial charge in [-0.3, -0.25) is 9.59 Å². The monoisotopic (exact) mass is 472 g/mol. The first-order chi connectivity index (χ1) is 14.9. The number of nitrogens with zero attached hydrogens (tertiary/aromatic N) is 1. The average Bonchev–Trinajstić information content (AvgIpc) is 3.43. The smallest absolute Gasteiger partial charge is 0.408 e. The van der Waals surface area contributed by atoms with E-state index in [1.54, 1.807) is 48.5 Å². The molecule has 0 bridgehead atoms. The summed E-state index contributed by atoms with van der Waals surface area (Å²) in [7, 11) is 0. The molecule has 1 rings (SSSR count). The van der Waals surface area contributed by atoms with Gasteiger partial charge in [-0.25, -0.2) is 9.59 Å². The molecule has 33 heavy (non-hydrogen) atoms. The molecule has 0 spiro atoms. The van der Waals surface area contributed by atoms with Gasteiger partial charge in [-0.15, -0.1) is 0 Å². The minimum Gasteiger partial charge on any atom is -0.481 e. The molecule has 1 aliphatic carbocycles. The van der Waals surface area contributed by atoms with Crippen LogP contribution in [-0.2, 0) is 23.8 Å². The van der Waals surface area contributed by atoms with Crippen molar-refractivity contribution < 1.29 is 33.4 Å². The summed E-state index contributed by atoms with van der Waals surface area (Å²) in [6.07, 6.45) is 0.733. The third-order valence-corrected chi connectivity index (χ3v) is 3.70. The van der Waals surface area contributed by atoms with Crippen molar-refractivity contribution in [3.05, 3.63) is 0 Å². The van der Waals surface area contributed by atoms with E-state index in [9.17, 15) is 19.2 Å². The molecule has 0 aliphatic heterocycles. The maximum atomic E-state index is 11.9. The van der Waals surface area contributed by atoms with Gasteiger partial charge in [0.1, 0.15) is 23.3 Å². The van der Waals surface area contributed by atoms with Crippen molar-refractivity contribution in [1.82, 2.24) is 10.6 Å². The van der Waals surface area contributed by atoms with Gasteiger partial charge < -0.3 is 30.6 Å². The van der Waals surface area contributed by atoms with Crippen molar-refractivity contribution >= 4 is 29.9 Å². The molecule has 0 saturated heterocycles. The molecule has 0 aromatic rings. The molecular weight excluding hydrogens is 432 g/mol. The van der Waals surface area contributed by atoms with Crippen LogP contribution in [0.4, 0.5) is 9.59 Å². The van der Waals surface area contributed by atoms with Crippen LogP contribution in [0.3, 0.4) is 0 Å². The Labute approximate surface area is 196 Å². The fourth-order valence-corrected chi connectivity index (χ4v) is 2.03. The van der Waals surface area contributed by atoms with E-state index in [0.717, 1.165) is 12.8 Å². The Morgan fingerprint density at radius 3 is 1.67 bits per heavy atom. The molecule has 0 radical (unpaired) electrons. The van der Waals surface area contributed by atoms with Crippen LogP contribution in [-0.4, -0.2) is 59.8 Å². The molecule has 11 nitrogen and oxygen atoms in total. The lowest BCUT2D eigenvalue weighted by Gasteiger charge is -2.21. The molecule has 0 aromatic heterocycles. The Bertz CT molecular complexity index is 719. The van der Waals surface area contributed by atoms with Crippen molar-refractivity contribution in [2.24, 2.45) is 16.6 Å². The van der Waals surface area contributed by atoms with Crippen molar-refractivity contribution in [3.8, 4) is 0 Å². The topological polar surface area (TPSA) is 158 Å². The summed E-state index contributed by atoms with van der Waals surface area (Å²) in [5.74, 6) is -0.278. The lowest BCUT2D eigenvalue weighted by atomic mass is 10.2. The summed E-state index contributed by atoms with van der Waals surface area (Å²) in [5.41, 5.74) is 3.77. The Balaban J connectivity index is 0.000000684. The SMILES string of the molecule is CCO/C(=N\C(=O)[C@H](C)NC(=O)OC(C)(C)C)C1CC1.C[C@H](NC(=O)OC(C)(C)C)C(N)=O. The van der Waals surface area contributed by atoms with Crippen LogP contribution < -0.4 is 16.4 Å². The van der Waals surface area contributed by atoms with Crippen LogP contribution >= 0.6 is 0 Å². The maximum Gasteiger partial charge on any atom is 0.408 e. The standard InChI is InChI=1S/C14H24N2O4.C8H16N2O3/c1-6-19-12(10-7-8-10)16-11(17)9(2)15-13(18)20-14(3,4)5;1-5(6(9)11)10-7(12)13-8(2,3)4/h9-10H,6-8H2,1-5H3,(H,15,18);5H,1-4H3,(H2,9,11)(H,10,12)/b16-12-;/t9-;5-/m00/s1. The van der Waals surface area contributed by atoms with Crippen LogP contribution in [0.5, 0.6) is 0 Å². The van der Waals surface area contributed by atoms with Gasteiger partial charge in [0.15, 0.2) is 5.90 Å². The van der Waals surface area contributed by atoms with Gasteiger partial charge in [0.25, 0.3) is 5.91 Å². The normalized spacial score (nSPS) is 15.7. The molecule has 0 unspecified atom stereocenters. The van der Waals surface area contributed by atoms with E-state index >= 15 is 0 Å². The highest BCUT2D eigenvalue weighted by molar-refractivity contribution is 5.96. The van der Waals surface area contributed by atoms with Crippen molar-refractivity contribution in [2.45, 2.75) is 98.4 Å². The molecule has 4 N–H and O–H groups in total. The molecule has 2 atom stereocenters. The number of alkyl carbamates (subject to hydrolysis) is 2. The summed E-state index contributed by atoms with van der Waals surface area (Å²) in [6.45, 7) is 15.9. The van der Waals surface area contributed by atoms with Crippen LogP contribution in [0.2, 0.25) is 0 Å². The summed E-state index contributed by atoms with van der Waals surface area (Å²) >= 11 is 0. The lowest BCUT2D eigenvalue weighted by molar-refractivity contribution is -0.120. The van der Waals surface area contributed by atoms with E-state index < -0.39 is 47.3 Å². The molecular formula is C22H40N4O7. The van der Waals surface area contributed by atoms with E-state index in [-0.39, 0.29) is 5.92 Å². The number of nitrogens with two attached hydrogens (primary N) is 1. The number of primary amides is 1. The van der Waals surface area contributed by atoms with Gasteiger partial charge in [-0.2, -0.15) is 4.99 Å². The molecule has 1 saturated carbocycles. The predicted octanol–water partition coefficient (Wildman–Crippen LogP) is 2.66. The minimum atomic E-state index is -0.737. The summed E-state index contributed by atoms with van der Waals surface area (Å²) in [6, 6.07) is -1.45. The van der Waals surface area contributed by atoms with Crippen molar-refractivity contribution in [3.63, 3.8) is 0 Å². The number of hydrogen-bond donors (Lipinski definition) is 3. The number of nitrogens with one attached hydrogen (secondary N) is 2. The number of carbonyl (C=O) groups excluding carboxylic acids is 4. The number of amides is 4. The molecule has 0 heterocycles. The van der Waals surface area contributed by atoms with Crippen LogP contribution in [0, 0.1) is 5.92 Å². The molecule has 0 aromatic carbocycles. The molecule has 4 amide bonds. The number of carbonyl (C=O) groups is 4. The highest BCUT2D eigenvalue weighted by atomic mass is 16.6. The zero-order valence-electron chi connectivity index (χ0n) is 21.2. The number of aliphatic imine (C=N–C) groups is 1. The zero-order valence-corrected chi connectivity index (χ0v) is 21.2. The minimum absolute atomic E-state index is 0.257. The van der Waals surface area contributed by atoms with Gasteiger partial charge in [0, 0.05) is 5.92 Å². The lowest BCUT2D eigenvalue weighted by Crippen LogP contribution is -2.44. The first-order valence-electron chi connectivity index (χ1n) is 11.0. The molecule has 1 aliphatic rings. The second-order valence-electron chi connectivity index (χ2n) is 9.63. The second kappa shape index (κ2) is 13.0. The summed E-state index contributed by atoms with van der Waals surface area (Å²) in [4.78, 5) is 49.0. The van der Waals surface area contributed by atoms with E-state index in [4.69, 9.17) is 19.9 Å². The van der Waals surface area contributed by atoms with E-state index in [1.807, 2.05) is 6.92 Å². The van der Waals surface area contributed by atoms with E-state index in [1.165, 1.54) is 6.92 Å². The third-order valence-electron chi connectivity index (χ3n) is 3.70. The van der Waals surface area contributed by atoms with E-state index in [0.29, 0.717) is 12.5 Å². The van der Waals surface area contributed by atoms with Crippen LogP contribution in [0.15, 0.2) is 4.99 Å². The summed E-state index contributed by atoms with van der Waals surface area (Å²) < 4.78 is 15.3. The van der Waals surface area contributed by atoms with Gasteiger partial charge in [0.05, 0.1) is 6.61 Å². The number of hydrogen-bond acceptors (Lipinski definition) is 7. The highest BCUT2D eigenvalue weighted by Gasteiger charge is 2.31. The van der Waals surface area contributed by atoms with Gasteiger partial charge in [0.2, 0.25) is 5.91 Å². The fraction of sp³-hybridized carbons (Fsp3) is 0.773. The Morgan fingerprint density at radius 1 is 0.909 bits per heavy atom. The maximum absolute atomic E-state index is 11.9. The first-order valence-corrected chi connectivity index (χ1v) is 11.0. The van der Waals surface area contributed by atoms with Crippen molar-refractivity contribution in [2.75, 3.05) is 6.61 Å². The van der Waals surface area contributed by atoms with Crippen molar-refractivity contribution in [1.29, 1.82) is 0 Å². The van der Waals surface area contributed by atoms with E-state index in [2.05, 4.69) is 15.6 Å². The Hall–Kier alpha value is -2.85. The Kier molecular flexibility index (Phi) is 11.9. The van der Waals surface area contributed by atoms with Gasteiger partial charge in [-0.05, 0) is 75.2 Å². The second-order valence-corrected chi connectivity index (χ2v) is 9.63. The number of rotatable bonds is 6. The fourth-order valence-electron chi connectivity index (χ4n) is 2.03. The molecule has 190 valence electrons. The number of ether oxygens (including phenoxy) is 3. The molecule has 1 fully saturated rings. The predicted molar refractivity (Wildman–Crippen MR) is 124 cm³/mol. The largest absolute Gasteiger partial charge is 0.481 e. The van der Waals surface area contributed by atoms with Gasteiger partial charge in [-0.1, -0.05) is 0 Å². The highest BCUT2D eigenvalue weighted by Crippen LogP contribution is 2.31. The average molecular weight is 473 g/mol.